The van der Waals surface area contributed by atoms with Crippen molar-refractivity contribution < 1.29 is 13.9 Å². The van der Waals surface area contributed by atoms with Gasteiger partial charge in [-0.15, -0.1) is 0 Å². The normalized spacial score (nSPS) is 11.8. The van der Waals surface area contributed by atoms with Crippen molar-refractivity contribution in [1.29, 1.82) is 0 Å². The minimum atomic E-state index is -0.245. The van der Waals surface area contributed by atoms with Gasteiger partial charge in [-0.2, -0.15) is 0 Å². The van der Waals surface area contributed by atoms with E-state index in [0.29, 0.717) is 16.5 Å². The summed E-state index contributed by atoms with van der Waals surface area (Å²) in [7, 11) is 0. The second kappa shape index (κ2) is 8.78. The minimum absolute atomic E-state index is 0.0609. The highest BCUT2D eigenvalue weighted by atomic mass is 35.5. The zero-order valence-electron chi connectivity index (χ0n) is 15.4. The van der Waals surface area contributed by atoms with Crippen molar-refractivity contribution in [2.24, 2.45) is 0 Å². The molecule has 0 fully saturated rings. The molecule has 1 atom stereocenters. The molecule has 0 saturated heterocycles. The number of hydrogen-bond donors (Lipinski definition) is 1. The quantitative estimate of drug-likeness (QED) is 0.569. The Morgan fingerprint density at radius 1 is 1.11 bits per heavy atom. The molecule has 3 aromatic rings. The van der Waals surface area contributed by atoms with Crippen LogP contribution >= 0.6 is 11.6 Å². The Hall–Kier alpha value is -2.72. The van der Waals surface area contributed by atoms with E-state index in [1.54, 1.807) is 18.2 Å². The van der Waals surface area contributed by atoms with Gasteiger partial charge in [0.1, 0.15) is 18.1 Å². The standard InChI is InChI=1S/C22H22ClNO3/c1-3-19(16-9-5-4-6-10-16)24-22(25)20-13-12-17(27-20)14-26-21-15(2)8-7-11-18(21)23/h4-13,19H,3,14H2,1-2H3,(H,24,25). The van der Waals surface area contributed by atoms with Gasteiger partial charge < -0.3 is 14.5 Å². The number of halogens is 1. The van der Waals surface area contributed by atoms with Crippen molar-refractivity contribution in [1.82, 2.24) is 5.32 Å². The van der Waals surface area contributed by atoms with Gasteiger partial charge in [0.05, 0.1) is 11.1 Å². The van der Waals surface area contributed by atoms with E-state index in [1.807, 2.05) is 56.3 Å². The molecule has 3 rings (SSSR count). The number of aryl methyl sites for hydroxylation is 1. The number of para-hydroxylation sites is 1. The molecule has 0 radical (unpaired) electrons. The van der Waals surface area contributed by atoms with Gasteiger partial charge in [0.25, 0.3) is 5.91 Å². The van der Waals surface area contributed by atoms with E-state index in [2.05, 4.69) is 5.32 Å². The van der Waals surface area contributed by atoms with Gasteiger partial charge in [-0.25, -0.2) is 0 Å². The topological polar surface area (TPSA) is 51.5 Å². The maximum Gasteiger partial charge on any atom is 0.287 e. The van der Waals surface area contributed by atoms with E-state index in [9.17, 15) is 4.79 Å². The van der Waals surface area contributed by atoms with Crippen LogP contribution in [0.25, 0.3) is 0 Å². The van der Waals surface area contributed by atoms with Crippen LogP contribution in [0, 0.1) is 6.92 Å². The first-order valence-electron chi connectivity index (χ1n) is 8.91. The van der Waals surface area contributed by atoms with Gasteiger partial charge in [-0.05, 0) is 42.7 Å². The largest absolute Gasteiger partial charge is 0.484 e. The predicted octanol–water partition coefficient (Wildman–Crippen LogP) is 5.70. The van der Waals surface area contributed by atoms with Gasteiger partial charge in [-0.1, -0.05) is 61.0 Å². The lowest BCUT2D eigenvalue weighted by Gasteiger charge is -2.16. The molecule has 5 heteroatoms. The van der Waals surface area contributed by atoms with Crippen molar-refractivity contribution in [3.05, 3.63) is 88.3 Å². The van der Waals surface area contributed by atoms with Crippen LogP contribution in [0.5, 0.6) is 5.75 Å². The lowest BCUT2D eigenvalue weighted by atomic mass is 10.0. The van der Waals surface area contributed by atoms with Crippen molar-refractivity contribution >= 4 is 17.5 Å². The van der Waals surface area contributed by atoms with Gasteiger partial charge in [0, 0.05) is 0 Å². The Morgan fingerprint density at radius 3 is 2.59 bits per heavy atom. The maximum atomic E-state index is 12.5. The van der Waals surface area contributed by atoms with Gasteiger partial charge in [-0.3, -0.25) is 4.79 Å². The number of hydrogen-bond acceptors (Lipinski definition) is 3. The Bertz CT molecular complexity index is 885. The molecule has 27 heavy (non-hydrogen) atoms. The molecule has 0 spiro atoms. The van der Waals surface area contributed by atoms with Crippen molar-refractivity contribution in [2.75, 3.05) is 0 Å². The Kier molecular flexibility index (Phi) is 6.20. The van der Waals surface area contributed by atoms with Crippen LogP contribution in [0.4, 0.5) is 0 Å². The molecule has 0 saturated carbocycles. The summed E-state index contributed by atoms with van der Waals surface area (Å²) in [6, 6.07) is 18.8. The van der Waals surface area contributed by atoms with Crippen LogP contribution in [0.15, 0.2) is 65.1 Å². The number of benzene rings is 2. The molecule has 1 aromatic heterocycles. The summed E-state index contributed by atoms with van der Waals surface area (Å²) in [5, 5.41) is 3.56. The summed E-state index contributed by atoms with van der Waals surface area (Å²) < 4.78 is 11.4. The monoisotopic (exact) mass is 383 g/mol. The third kappa shape index (κ3) is 4.72. The van der Waals surface area contributed by atoms with Crippen molar-refractivity contribution in [3.8, 4) is 5.75 Å². The lowest BCUT2D eigenvalue weighted by Crippen LogP contribution is -2.27. The fraction of sp³-hybridized carbons (Fsp3) is 0.227. The number of furan rings is 1. The predicted molar refractivity (Wildman–Crippen MR) is 106 cm³/mol. The minimum Gasteiger partial charge on any atom is -0.484 e. The summed E-state index contributed by atoms with van der Waals surface area (Å²) >= 11 is 6.16. The Balaban J connectivity index is 1.64. The van der Waals surface area contributed by atoms with Gasteiger partial charge >= 0.3 is 0 Å². The Morgan fingerprint density at radius 2 is 1.89 bits per heavy atom. The summed E-state index contributed by atoms with van der Waals surface area (Å²) in [6.45, 7) is 4.16. The average Bonchev–Trinajstić information content (AvgIpc) is 3.15. The van der Waals surface area contributed by atoms with Gasteiger partial charge in [0.15, 0.2) is 5.76 Å². The molecular weight excluding hydrogens is 362 g/mol. The molecule has 2 aromatic carbocycles. The van der Waals surface area contributed by atoms with Crippen LogP contribution in [0.3, 0.4) is 0 Å². The third-order valence-electron chi connectivity index (χ3n) is 4.32. The molecule has 140 valence electrons. The molecule has 0 bridgehead atoms. The van der Waals surface area contributed by atoms with Crippen molar-refractivity contribution in [3.63, 3.8) is 0 Å². The highest BCUT2D eigenvalue weighted by Gasteiger charge is 2.17. The zero-order valence-corrected chi connectivity index (χ0v) is 16.1. The molecule has 0 aliphatic carbocycles. The molecule has 0 aliphatic rings. The number of nitrogens with one attached hydrogen (secondary N) is 1. The number of carbonyl (C=O) groups excluding carboxylic acids is 1. The van der Waals surface area contributed by atoms with Crippen LogP contribution in [-0.4, -0.2) is 5.91 Å². The van der Waals surface area contributed by atoms with Crippen molar-refractivity contribution in [2.45, 2.75) is 32.9 Å². The molecule has 4 nitrogen and oxygen atoms in total. The summed E-state index contributed by atoms with van der Waals surface area (Å²) in [5.74, 6) is 1.20. The first kappa shape index (κ1) is 19.1. The smallest absolute Gasteiger partial charge is 0.287 e. The molecule has 1 N–H and O–H groups in total. The fourth-order valence-corrected chi connectivity index (χ4v) is 3.13. The highest BCUT2D eigenvalue weighted by Crippen LogP contribution is 2.29. The Labute approximate surface area is 164 Å². The molecule has 1 amide bonds. The number of amides is 1. The van der Waals surface area contributed by atoms with Crippen LogP contribution in [0.2, 0.25) is 5.02 Å². The molecule has 0 aliphatic heterocycles. The van der Waals surface area contributed by atoms with Crippen LogP contribution < -0.4 is 10.1 Å². The first-order chi connectivity index (χ1) is 13.1. The lowest BCUT2D eigenvalue weighted by molar-refractivity contribution is 0.0903. The van der Waals surface area contributed by atoms with E-state index in [-0.39, 0.29) is 24.3 Å². The second-order valence-electron chi connectivity index (χ2n) is 6.29. The molecular formula is C22H22ClNO3. The van der Waals surface area contributed by atoms with E-state index >= 15 is 0 Å². The van der Waals surface area contributed by atoms with E-state index < -0.39 is 0 Å². The summed E-state index contributed by atoms with van der Waals surface area (Å²) in [6.07, 6.45) is 0.790. The number of carbonyl (C=O) groups is 1. The third-order valence-corrected chi connectivity index (χ3v) is 4.62. The summed E-state index contributed by atoms with van der Waals surface area (Å²) in [4.78, 5) is 12.5. The number of rotatable bonds is 7. The maximum absolute atomic E-state index is 12.5. The molecule has 1 heterocycles. The SMILES string of the molecule is CCC(NC(=O)c1ccc(COc2c(C)cccc2Cl)o1)c1ccccc1. The number of ether oxygens (including phenoxy) is 1. The fourth-order valence-electron chi connectivity index (χ4n) is 2.86. The van der Waals surface area contributed by atoms with Crippen LogP contribution in [-0.2, 0) is 6.61 Å². The second-order valence-corrected chi connectivity index (χ2v) is 6.69. The summed E-state index contributed by atoms with van der Waals surface area (Å²) in [5.41, 5.74) is 2.01. The van der Waals surface area contributed by atoms with E-state index in [1.165, 1.54) is 0 Å². The average molecular weight is 384 g/mol. The van der Waals surface area contributed by atoms with Gasteiger partial charge in [0.2, 0.25) is 0 Å². The molecule has 1 unspecified atom stereocenters. The van der Waals surface area contributed by atoms with Crippen LogP contribution in [0.1, 0.15) is 46.8 Å². The highest BCUT2D eigenvalue weighted by molar-refractivity contribution is 6.32. The van der Waals surface area contributed by atoms with E-state index in [4.69, 9.17) is 20.8 Å². The zero-order chi connectivity index (χ0) is 19.2. The first-order valence-corrected chi connectivity index (χ1v) is 9.28. The van der Waals surface area contributed by atoms with E-state index in [0.717, 1.165) is 17.5 Å².